The van der Waals surface area contributed by atoms with Gasteiger partial charge in [-0.15, -0.1) is 0 Å². The van der Waals surface area contributed by atoms with E-state index in [9.17, 15) is 4.79 Å². The summed E-state index contributed by atoms with van der Waals surface area (Å²) >= 11 is 11.7. The standard InChI is InChI=1S/C13H15Cl2NO3/c14-9-3-4-12(11(15)6-9)19-8-13(17)16-10-2-1-5-18-7-10/h3-4,6,10H,1-2,5,7-8H2,(H,16,17). The van der Waals surface area contributed by atoms with Gasteiger partial charge in [0.2, 0.25) is 0 Å². The predicted octanol–water partition coefficient (Wildman–Crippen LogP) is 2.67. The Bertz CT molecular complexity index is 448. The molecule has 0 spiro atoms. The van der Waals surface area contributed by atoms with Crippen molar-refractivity contribution in [2.45, 2.75) is 18.9 Å². The molecule has 1 amide bonds. The first-order chi connectivity index (χ1) is 9.15. The Hall–Kier alpha value is -0.970. The molecule has 1 aromatic rings. The van der Waals surface area contributed by atoms with Gasteiger partial charge in [0.25, 0.3) is 5.91 Å². The second kappa shape index (κ2) is 6.98. The van der Waals surface area contributed by atoms with E-state index >= 15 is 0 Å². The molecule has 6 heteroatoms. The second-order valence-electron chi connectivity index (χ2n) is 4.34. The van der Waals surface area contributed by atoms with Gasteiger partial charge < -0.3 is 14.8 Å². The number of hydrogen-bond acceptors (Lipinski definition) is 3. The number of carbonyl (C=O) groups is 1. The molecule has 1 aromatic carbocycles. The Balaban J connectivity index is 1.79. The lowest BCUT2D eigenvalue weighted by molar-refractivity contribution is -0.124. The van der Waals surface area contributed by atoms with Crippen molar-refractivity contribution in [3.8, 4) is 5.75 Å². The van der Waals surface area contributed by atoms with Gasteiger partial charge in [-0.1, -0.05) is 23.2 Å². The van der Waals surface area contributed by atoms with Crippen molar-refractivity contribution >= 4 is 29.1 Å². The molecular formula is C13H15Cl2NO3. The summed E-state index contributed by atoms with van der Waals surface area (Å²) in [5.74, 6) is 0.266. The van der Waals surface area contributed by atoms with Crippen molar-refractivity contribution in [1.29, 1.82) is 0 Å². The summed E-state index contributed by atoms with van der Waals surface area (Å²) < 4.78 is 10.6. The van der Waals surface area contributed by atoms with Crippen LogP contribution in [0.5, 0.6) is 5.75 Å². The summed E-state index contributed by atoms with van der Waals surface area (Å²) in [6.07, 6.45) is 1.91. The smallest absolute Gasteiger partial charge is 0.258 e. The lowest BCUT2D eigenvalue weighted by Gasteiger charge is -2.23. The molecule has 104 valence electrons. The van der Waals surface area contributed by atoms with Crippen molar-refractivity contribution in [1.82, 2.24) is 5.32 Å². The molecule has 0 bridgehead atoms. The summed E-state index contributed by atoms with van der Waals surface area (Å²) in [4.78, 5) is 11.7. The van der Waals surface area contributed by atoms with Crippen molar-refractivity contribution in [3.63, 3.8) is 0 Å². The molecule has 1 unspecified atom stereocenters. The number of carbonyl (C=O) groups excluding carboxylic acids is 1. The molecule has 0 radical (unpaired) electrons. The number of ether oxygens (including phenoxy) is 2. The molecule has 0 aliphatic carbocycles. The van der Waals surface area contributed by atoms with Crippen LogP contribution in [0.25, 0.3) is 0 Å². The third-order valence-electron chi connectivity index (χ3n) is 2.78. The Kier molecular flexibility index (Phi) is 5.31. The highest BCUT2D eigenvalue weighted by molar-refractivity contribution is 6.35. The summed E-state index contributed by atoms with van der Waals surface area (Å²) in [6, 6.07) is 4.95. The molecule has 1 heterocycles. The number of halogens is 2. The largest absolute Gasteiger partial charge is 0.482 e. The van der Waals surface area contributed by atoms with Gasteiger partial charge in [0.15, 0.2) is 6.61 Å². The summed E-state index contributed by atoms with van der Waals surface area (Å²) in [7, 11) is 0. The third-order valence-corrected chi connectivity index (χ3v) is 3.31. The molecule has 1 atom stereocenters. The monoisotopic (exact) mass is 303 g/mol. The maximum atomic E-state index is 11.7. The SMILES string of the molecule is O=C(COc1ccc(Cl)cc1Cl)NC1CCCOC1. The predicted molar refractivity (Wildman–Crippen MR) is 73.9 cm³/mol. The van der Waals surface area contributed by atoms with Crippen LogP contribution in [-0.4, -0.2) is 31.8 Å². The number of hydrogen-bond donors (Lipinski definition) is 1. The zero-order valence-electron chi connectivity index (χ0n) is 10.3. The van der Waals surface area contributed by atoms with Gasteiger partial charge in [0.05, 0.1) is 17.7 Å². The zero-order valence-corrected chi connectivity index (χ0v) is 11.8. The van der Waals surface area contributed by atoms with Crippen LogP contribution in [0.1, 0.15) is 12.8 Å². The molecular weight excluding hydrogens is 289 g/mol. The van der Waals surface area contributed by atoms with Crippen LogP contribution in [-0.2, 0) is 9.53 Å². The molecule has 2 rings (SSSR count). The highest BCUT2D eigenvalue weighted by Crippen LogP contribution is 2.27. The number of amides is 1. The van der Waals surface area contributed by atoms with E-state index in [1.165, 1.54) is 0 Å². The fourth-order valence-electron chi connectivity index (χ4n) is 1.86. The van der Waals surface area contributed by atoms with Crippen LogP contribution in [0, 0.1) is 0 Å². The minimum absolute atomic E-state index is 0.0716. The highest BCUT2D eigenvalue weighted by Gasteiger charge is 2.16. The van der Waals surface area contributed by atoms with E-state index < -0.39 is 0 Å². The van der Waals surface area contributed by atoms with Crippen LogP contribution in [0.3, 0.4) is 0 Å². The minimum Gasteiger partial charge on any atom is -0.482 e. The van der Waals surface area contributed by atoms with E-state index in [0.29, 0.717) is 22.4 Å². The van der Waals surface area contributed by atoms with Crippen molar-refractivity contribution < 1.29 is 14.3 Å². The topological polar surface area (TPSA) is 47.6 Å². The Labute approximate surface area is 122 Å². The van der Waals surface area contributed by atoms with Gasteiger partial charge in [0.1, 0.15) is 5.75 Å². The third kappa shape index (κ3) is 4.56. The van der Waals surface area contributed by atoms with E-state index in [1.54, 1.807) is 18.2 Å². The van der Waals surface area contributed by atoms with E-state index in [-0.39, 0.29) is 18.6 Å². The minimum atomic E-state index is -0.179. The molecule has 1 aliphatic heterocycles. The van der Waals surface area contributed by atoms with Crippen LogP contribution in [0.2, 0.25) is 10.0 Å². The van der Waals surface area contributed by atoms with Gasteiger partial charge in [-0.2, -0.15) is 0 Å². The molecule has 1 saturated heterocycles. The fourth-order valence-corrected chi connectivity index (χ4v) is 2.32. The van der Waals surface area contributed by atoms with Crippen LogP contribution in [0.15, 0.2) is 18.2 Å². The van der Waals surface area contributed by atoms with Crippen LogP contribution < -0.4 is 10.1 Å². The van der Waals surface area contributed by atoms with Gasteiger partial charge in [-0.3, -0.25) is 4.79 Å². The number of rotatable bonds is 4. The normalized spacial score (nSPS) is 18.9. The summed E-state index contributed by atoms with van der Waals surface area (Å²) in [5.41, 5.74) is 0. The zero-order chi connectivity index (χ0) is 13.7. The molecule has 1 N–H and O–H groups in total. The van der Waals surface area contributed by atoms with Gasteiger partial charge in [0, 0.05) is 11.6 Å². The first kappa shape index (κ1) is 14.4. The quantitative estimate of drug-likeness (QED) is 0.930. The Morgan fingerprint density at radius 1 is 1.47 bits per heavy atom. The van der Waals surface area contributed by atoms with Gasteiger partial charge in [-0.25, -0.2) is 0 Å². The lowest BCUT2D eigenvalue weighted by Crippen LogP contribution is -2.42. The Morgan fingerprint density at radius 2 is 2.32 bits per heavy atom. The summed E-state index contributed by atoms with van der Waals surface area (Å²) in [5, 5.41) is 3.78. The highest BCUT2D eigenvalue weighted by atomic mass is 35.5. The first-order valence-corrected chi connectivity index (χ1v) is 6.85. The molecule has 0 saturated carbocycles. The molecule has 1 aliphatic rings. The van der Waals surface area contributed by atoms with Crippen molar-refractivity contribution in [2.75, 3.05) is 19.8 Å². The van der Waals surface area contributed by atoms with E-state index in [2.05, 4.69) is 5.32 Å². The average Bonchev–Trinajstić information content (AvgIpc) is 2.39. The van der Waals surface area contributed by atoms with Gasteiger partial charge in [-0.05, 0) is 31.0 Å². The average molecular weight is 304 g/mol. The van der Waals surface area contributed by atoms with E-state index in [4.69, 9.17) is 32.7 Å². The lowest BCUT2D eigenvalue weighted by atomic mass is 10.1. The molecule has 1 fully saturated rings. The van der Waals surface area contributed by atoms with E-state index in [1.807, 2.05) is 0 Å². The Morgan fingerprint density at radius 3 is 3.00 bits per heavy atom. The van der Waals surface area contributed by atoms with Crippen LogP contribution >= 0.6 is 23.2 Å². The number of benzene rings is 1. The molecule has 0 aromatic heterocycles. The maximum absolute atomic E-state index is 11.7. The van der Waals surface area contributed by atoms with E-state index in [0.717, 1.165) is 19.4 Å². The first-order valence-electron chi connectivity index (χ1n) is 6.10. The maximum Gasteiger partial charge on any atom is 0.258 e. The molecule has 4 nitrogen and oxygen atoms in total. The van der Waals surface area contributed by atoms with Crippen LogP contribution in [0.4, 0.5) is 0 Å². The summed E-state index contributed by atoms with van der Waals surface area (Å²) in [6.45, 7) is 1.26. The number of nitrogens with one attached hydrogen (secondary N) is 1. The van der Waals surface area contributed by atoms with Gasteiger partial charge >= 0.3 is 0 Å². The second-order valence-corrected chi connectivity index (χ2v) is 5.19. The fraction of sp³-hybridized carbons (Fsp3) is 0.462. The van der Waals surface area contributed by atoms with Crippen molar-refractivity contribution in [3.05, 3.63) is 28.2 Å². The van der Waals surface area contributed by atoms with Crippen molar-refractivity contribution in [2.24, 2.45) is 0 Å². The molecule has 19 heavy (non-hydrogen) atoms.